The number of aromatic nitrogens is 2. The lowest BCUT2D eigenvalue weighted by Gasteiger charge is -2.32. The Balaban J connectivity index is 1.44. The lowest BCUT2D eigenvalue weighted by Crippen LogP contribution is -2.41. The molecule has 134 valence electrons. The third-order valence-corrected chi connectivity index (χ3v) is 5.15. The molecule has 0 aliphatic carbocycles. The van der Waals surface area contributed by atoms with E-state index in [4.69, 9.17) is 18.8 Å². The summed E-state index contributed by atoms with van der Waals surface area (Å²) in [6, 6.07) is 0. The van der Waals surface area contributed by atoms with Crippen LogP contribution in [-0.2, 0) is 25.3 Å². The second-order valence-electron chi connectivity index (χ2n) is 7.65. The fourth-order valence-electron chi connectivity index (χ4n) is 2.89. The van der Waals surface area contributed by atoms with Gasteiger partial charge in [0.25, 0.3) is 0 Å². The molecule has 0 aromatic carbocycles. The average Bonchev–Trinajstić information content (AvgIpc) is 3.08. The molecule has 1 aromatic rings. The molecule has 2 aliphatic heterocycles. The number of hydrogen-bond acceptors (Lipinski definition) is 5. The summed E-state index contributed by atoms with van der Waals surface area (Å²) in [5, 5.41) is 4.41. The van der Waals surface area contributed by atoms with Crippen LogP contribution in [0.4, 0.5) is 0 Å². The summed E-state index contributed by atoms with van der Waals surface area (Å²) in [5.74, 6) is 0. The smallest absolute Gasteiger partial charge is 0.399 e. The first-order valence-corrected chi connectivity index (χ1v) is 8.99. The minimum atomic E-state index is -0.351. The van der Waals surface area contributed by atoms with Crippen LogP contribution in [0.25, 0.3) is 0 Å². The fourth-order valence-corrected chi connectivity index (χ4v) is 2.89. The summed E-state index contributed by atoms with van der Waals surface area (Å²) < 4.78 is 25.3. The second kappa shape index (κ2) is 7.16. The maximum Gasteiger partial charge on any atom is 0.498 e. The van der Waals surface area contributed by atoms with Crippen LogP contribution in [0.1, 0.15) is 53.4 Å². The molecule has 3 heterocycles. The van der Waals surface area contributed by atoms with E-state index >= 15 is 0 Å². The molecule has 1 aromatic heterocycles. The van der Waals surface area contributed by atoms with Crippen LogP contribution in [0.3, 0.4) is 0 Å². The van der Waals surface area contributed by atoms with Gasteiger partial charge in [-0.2, -0.15) is 5.10 Å². The summed E-state index contributed by atoms with van der Waals surface area (Å²) in [5.41, 5.74) is 0.312. The number of rotatable bonds is 6. The van der Waals surface area contributed by atoms with Crippen molar-refractivity contribution in [1.82, 2.24) is 9.78 Å². The molecule has 0 radical (unpaired) electrons. The van der Waals surface area contributed by atoms with E-state index in [2.05, 4.69) is 32.8 Å². The van der Waals surface area contributed by atoms with Crippen molar-refractivity contribution >= 4 is 12.6 Å². The van der Waals surface area contributed by atoms with Crippen LogP contribution in [0.2, 0.25) is 0 Å². The van der Waals surface area contributed by atoms with Gasteiger partial charge in [0.1, 0.15) is 0 Å². The van der Waals surface area contributed by atoms with Gasteiger partial charge in [-0.25, -0.2) is 0 Å². The van der Waals surface area contributed by atoms with Crippen molar-refractivity contribution in [2.24, 2.45) is 0 Å². The molecule has 1 atom stereocenters. The van der Waals surface area contributed by atoms with E-state index in [0.717, 1.165) is 37.9 Å². The van der Waals surface area contributed by atoms with Gasteiger partial charge in [-0.05, 0) is 53.4 Å². The van der Waals surface area contributed by atoms with Gasteiger partial charge >= 0.3 is 7.12 Å². The van der Waals surface area contributed by atoms with Crippen LogP contribution in [0.5, 0.6) is 0 Å². The van der Waals surface area contributed by atoms with Gasteiger partial charge in [0.2, 0.25) is 0 Å². The molecule has 0 spiro atoms. The van der Waals surface area contributed by atoms with Gasteiger partial charge in [-0.1, -0.05) is 0 Å². The Bertz CT molecular complexity index is 524. The molecule has 0 amide bonds. The molecular formula is C17H29BN2O4. The predicted octanol–water partition coefficient (Wildman–Crippen LogP) is 2.12. The van der Waals surface area contributed by atoms with Crippen molar-refractivity contribution < 1.29 is 18.8 Å². The van der Waals surface area contributed by atoms with Crippen LogP contribution in [0, 0.1) is 0 Å². The maximum absolute atomic E-state index is 6.05. The van der Waals surface area contributed by atoms with Gasteiger partial charge in [0.15, 0.2) is 6.29 Å². The SMILES string of the molecule is CC1(C)OB(c2cnn(CCCO[C@@H]3CCCCO3)c2)OC1(C)C. The average molecular weight is 336 g/mol. The van der Waals surface area contributed by atoms with E-state index in [1.54, 1.807) is 0 Å². The Morgan fingerprint density at radius 2 is 2.00 bits per heavy atom. The van der Waals surface area contributed by atoms with E-state index in [0.29, 0.717) is 6.61 Å². The number of aryl methyl sites for hydroxylation is 1. The van der Waals surface area contributed by atoms with Crippen LogP contribution < -0.4 is 5.46 Å². The molecule has 7 heteroatoms. The van der Waals surface area contributed by atoms with Crippen molar-refractivity contribution in [2.45, 2.75) is 77.4 Å². The molecule has 0 bridgehead atoms. The van der Waals surface area contributed by atoms with Crippen LogP contribution in [-0.4, -0.2) is 47.6 Å². The van der Waals surface area contributed by atoms with Crippen molar-refractivity contribution in [2.75, 3.05) is 13.2 Å². The topological polar surface area (TPSA) is 54.7 Å². The Hall–Kier alpha value is -0.885. The van der Waals surface area contributed by atoms with E-state index < -0.39 is 0 Å². The molecule has 24 heavy (non-hydrogen) atoms. The quantitative estimate of drug-likeness (QED) is 0.588. The minimum Gasteiger partial charge on any atom is -0.399 e. The minimum absolute atomic E-state index is 0.0170. The molecule has 2 fully saturated rings. The molecule has 6 nitrogen and oxygen atoms in total. The summed E-state index contributed by atoms with van der Waals surface area (Å²) >= 11 is 0. The zero-order valence-electron chi connectivity index (χ0n) is 15.3. The van der Waals surface area contributed by atoms with Crippen molar-refractivity contribution in [1.29, 1.82) is 0 Å². The van der Waals surface area contributed by atoms with E-state index in [1.807, 2.05) is 17.1 Å². The third-order valence-electron chi connectivity index (χ3n) is 5.15. The molecule has 0 unspecified atom stereocenters. The van der Waals surface area contributed by atoms with Crippen molar-refractivity contribution in [3.8, 4) is 0 Å². The standard InChI is InChI=1S/C17H29BN2O4/c1-16(2)17(3,4)24-18(23-16)14-12-19-20(13-14)9-7-11-22-15-8-5-6-10-21-15/h12-13,15H,5-11H2,1-4H3/t15-/m1/s1. The second-order valence-corrected chi connectivity index (χ2v) is 7.65. The Morgan fingerprint density at radius 3 is 2.67 bits per heavy atom. The van der Waals surface area contributed by atoms with Crippen molar-refractivity contribution in [3.05, 3.63) is 12.4 Å². The largest absolute Gasteiger partial charge is 0.498 e. The molecule has 0 N–H and O–H groups in total. The molecule has 3 rings (SSSR count). The number of hydrogen-bond donors (Lipinski definition) is 0. The molecule has 2 saturated heterocycles. The lowest BCUT2D eigenvalue weighted by atomic mass is 9.82. The molecule has 2 aliphatic rings. The highest BCUT2D eigenvalue weighted by Gasteiger charge is 2.52. The fraction of sp³-hybridized carbons (Fsp3) is 0.824. The summed E-state index contributed by atoms with van der Waals surface area (Å²) in [7, 11) is -0.351. The van der Waals surface area contributed by atoms with E-state index in [-0.39, 0.29) is 24.6 Å². The lowest BCUT2D eigenvalue weighted by molar-refractivity contribution is -0.163. The van der Waals surface area contributed by atoms with Gasteiger partial charge in [-0.3, -0.25) is 4.68 Å². The highest BCUT2D eigenvalue weighted by atomic mass is 16.7. The highest BCUT2D eigenvalue weighted by Crippen LogP contribution is 2.36. The van der Waals surface area contributed by atoms with Crippen LogP contribution in [0.15, 0.2) is 12.4 Å². The van der Waals surface area contributed by atoms with Gasteiger partial charge in [-0.15, -0.1) is 0 Å². The number of nitrogens with zero attached hydrogens (tertiary/aromatic N) is 2. The normalized spacial score (nSPS) is 26.0. The monoisotopic (exact) mass is 336 g/mol. The first-order chi connectivity index (χ1) is 11.4. The van der Waals surface area contributed by atoms with E-state index in [9.17, 15) is 0 Å². The maximum atomic E-state index is 6.05. The molecule has 0 saturated carbocycles. The van der Waals surface area contributed by atoms with Gasteiger partial charge < -0.3 is 18.8 Å². The zero-order valence-corrected chi connectivity index (χ0v) is 15.3. The Kier molecular flexibility index (Phi) is 5.35. The van der Waals surface area contributed by atoms with Crippen molar-refractivity contribution in [3.63, 3.8) is 0 Å². The number of ether oxygens (including phenoxy) is 2. The zero-order chi connectivity index (χ0) is 17.2. The summed E-state index contributed by atoms with van der Waals surface area (Å²) in [4.78, 5) is 0. The van der Waals surface area contributed by atoms with Gasteiger partial charge in [0, 0.05) is 31.0 Å². The van der Waals surface area contributed by atoms with Crippen LogP contribution >= 0.6 is 0 Å². The van der Waals surface area contributed by atoms with E-state index in [1.165, 1.54) is 6.42 Å². The Labute approximate surface area is 144 Å². The summed E-state index contributed by atoms with van der Waals surface area (Å²) in [6.07, 6.45) is 8.07. The summed E-state index contributed by atoms with van der Waals surface area (Å²) in [6.45, 7) is 10.6. The first kappa shape index (κ1) is 17.9. The highest BCUT2D eigenvalue weighted by molar-refractivity contribution is 6.61. The Morgan fingerprint density at radius 1 is 1.25 bits per heavy atom. The van der Waals surface area contributed by atoms with Gasteiger partial charge in [0.05, 0.1) is 17.8 Å². The first-order valence-electron chi connectivity index (χ1n) is 8.99. The third kappa shape index (κ3) is 4.02. The predicted molar refractivity (Wildman–Crippen MR) is 92.1 cm³/mol. The molecular weight excluding hydrogens is 307 g/mol.